The summed E-state index contributed by atoms with van der Waals surface area (Å²) in [5.41, 5.74) is 4.79. The zero-order valence-electron chi connectivity index (χ0n) is 15.6. The highest BCUT2D eigenvalue weighted by molar-refractivity contribution is 5.75. The third-order valence-corrected chi connectivity index (χ3v) is 5.90. The number of hydrogen-bond donors (Lipinski definition) is 1. The van der Waals surface area contributed by atoms with Gasteiger partial charge >= 0.3 is 0 Å². The van der Waals surface area contributed by atoms with Crippen molar-refractivity contribution in [3.05, 3.63) is 53.9 Å². The van der Waals surface area contributed by atoms with Gasteiger partial charge in [0.15, 0.2) is 11.5 Å². The molecule has 5 heteroatoms. The molecule has 0 spiro atoms. The summed E-state index contributed by atoms with van der Waals surface area (Å²) in [5, 5.41) is 0. The maximum atomic E-state index is 5.77. The first kappa shape index (κ1) is 16.6. The Morgan fingerprint density at radius 1 is 1.15 bits per heavy atom. The van der Waals surface area contributed by atoms with Gasteiger partial charge in [0.05, 0.1) is 11.0 Å². The average molecular weight is 363 g/mol. The van der Waals surface area contributed by atoms with Crippen molar-refractivity contribution >= 4 is 11.0 Å². The summed E-state index contributed by atoms with van der Waals surface area (Å²) in [6.45, 7) is 5.74. The number of fused-ring (bicyclic) bond motifs is 2. The first-order chi connectivity index (χ1) is 13.3. The Balaban J connectivity index is 1.35. The summed E-state index contributed by atoms with van der Waals surface area (Å²) >= 11 is 0. The summed E-state index contributed by atoms with van der Waals surface area (Å²) in [4.78, 5) is 10.6. The monoisotopic (exact) mass is 363 g/mol. The molecular weight excluding hydrogens is 338 g/mol. The number of likely N-dealkylation sites (tertiary alicyclic amines) is 1. The zero-order chi connectivity index (χ0) is 18.2. The van der Waals surface area contributed by atoms with Gasteiger partial charge in [-0.2, -0.15) is 0 Å². The number of aromatic amines is 1. The lowest BCUT2D eigenvalue weighted by Crippen LogP contribution is -2.36. The Kier molecular flexibility index (Phi) is 4.24. The number of hydrogen-bond acceptors (Lipinski definition) is 4. The number of nitrogens with zero attached hydrogens (tertiary/aromatic N) is 2. The third-order valence-electron chi connectivity index (χ3n) is 5.90. The highest BCUT2D eigenvalue weighted by Crippen LogP contribution is 2.36. The normalized spacial score (nSPS) is 21.3. The van der Waals surface area contributed by atoms with E-state index in [1.807, 2.05) is 18.3 Å². The largest absolute Gasteiger partial charge is 0.486 e. The molecule has 0 saturated carbocycles. The molecule has 1 aromatic carbocycles. The van der Waals surface area contributed by atoms with Crippen molar-refractivity contribution in [1.29, 1.82) is 0 Å². The van der Waals surface area contributed by atoms with Crippen LogP contribution in [-0.2, 0) is 0 Å². The first-order valence-electron chi connectivity index (χ1n) is 9.85. The van der Waals surface area contributed by atoms with Crippen molar-refractivity contribution in [2.45, 2.75) is 31.7 Å². The molecule has 0 bridgehead atoms. The number of aromatic nitrogens is 2. The molecule has 0 aliphatic carbocycles. The Morgan fingerprint density at radius 3 is 2.93 bits per heavy atom. The number of piperidine rings is 1. The second-order valence-electron chi connectivity index (χ2n) is 7.57. The fraction of sp³-hybridized carbons (Fsp3) is 0.409. The van der Waals surface area contributed by atoms with Gasteiger partial charge in [0.25, 0.3) is 0 Å². The quantitative estimate of drug-likeness (QED) is 0.755. The van der Waals surface area contributed by atoms with Gasteiger partial charge in [-0.1, -0.05) is 6.07 Å². The van der Waals surface area contributed by atoms with E-state index in [1.165, 1.54) is 24.1 Å². The lowest BCUT2D eigenvalue weighted by atomic mass is 9.92. The maximum absolute atomic E-state index is 5.77. The molecule has 140 valence electrons. The van der Waals surface area contributed by atoms with Gasteiger partial charge in [0.2, 0.25) is 0 Å². The highest BCUT2D eigenvalue weighted by atomic mass is 16.6. The maximum Gasteiger partial charge on any atom is 0.161 e. The molecule has 1 fully saturated rings. The minimum Gasteiger partial charge on any atom is -0.486 e. The van der Waals surface area contributed by atoms with Crippen molar-refractivity contribution in [3.63, 3.8) is 0 Å². The van der Waals surface area contributed by atoms with E-state index < -0.39 is 0 Å². The van der Waals surface area contributed by atoms with Gasteiger partial charge in [-0.15, -0.1) is 0 Å². The first-order valence-corrected chi connectivity index (χ1v) is 9.85. The predicted octanol–water partition coefficient (Wildman–Crippen LogP) is 4.27. The molecule has 0 amide bonds. The minimum atomic E-state index is 0.353. The predicted molar refractivity (Wildman–Crippen MR) is 105 cm³/mol. The van der Waals surface area contributed by atoms with Crippen molar-refractivity contribution in [2.24, 2.45) is 0 Å². The summed E-state index contributed by atoms with van der Waals surface area (Å²) in [7, 11) is 0. The molecule has 2 aliphatic rings. The van der Waals surface area contributed by atoms with Crippen LogP contribution in [0.4, 0.5) is 0 Å². The standard InChI is InChI=1S/C22H25N3O2/c1-15(16-6-7-21-22(12-16)27-11-10-26-21)25-9-3-4-17(14-25)19-13-20-18(24-19)5-2-8-23-20/h2,5-8,12-13,15,17,24H,3-4,9-11,14H2,1H3. The van der Waals surface area contributed by atoms with Crippen molar-refractivity contribution in [3.8, 4) is 11.5 Å². The number of rotatable bonds is 3. The van der Waals surface area contributed by atoms with E-state index in [2.05, 4.69) is 46.1 Å². The number of pyridine rings is 1. The fourth-order valence-electron chi connectivity index (χ4n) is 4.34. The summed E-state index contributed by atoms with van der Waals surface area (Å²) in [5.74, 6) is 2.26. The number of benzene rings is 1. The number of ether oxygens (including phenoxy) is 2. The van der Waals surface area contributed by atoms with Crippen molar-refractivity contribution in [1.82, 2.24) is 14.9 Å². The van der Waals surface area contributed by atoms with Crippen LogP contribution < -0.4 is 9.47 Å². The molecule has 1 saturated heterocycles. The smallest absolute Gasteiger partial charge is 0.161 e. The van der Waals surface area contributed by atoms with E-state index in [0.717, 1.165) is 35.6 Å². The highest BCUT2D eigenvalue weighted by Gasteiger charge is 2.27. The van der Waals surface area contributed by atoms with E-state index >= 15 is 0 Å². The van der Waals surface area contributed by atoms with E-state index in [4.69, 9.17) is 9.47 Å². The van der Waals surface area contributed by atoms with Gasteiger partial charge in [-0.3, -0.25) is 9.88 Å². The summed E-state index contributed by atoms with van der Waals surface area (Å²) in [6, 6.07) is 13.0. The van der Waals surface area contributed by atoms with E-state index in [-0.39, 0.29) is 0 Å². The zero-order valence-corrected chi connectivity index (χ0v) is 15.6. The molecular formula is C22H25N3O2. The molecule has 2 unspecified atom stereocenters. The van der Waals surface area contributed by atoms with Crippen LogP contribution in [0.25, 0.3) is 11.0 Å². The van der Waals surface area contributed by atoms with Gasteiger partial charge in [0.1, 0.15) is 13.2 Å². The lowest BCUT2D eigenvalue weighted by molar-refractivity contribution is 0.154. The second kappa shape index (κ2) is 6.89. The molecule has 4 heterocycles. The SMILES string of the molecule is CC(c1ccc2c(c1)OCCO2)N1CCCC(c2cc3ncccc3[nH]2)C1. The third kappa shape index (κ3) is 3.16. The van der Waals surface area contributed by atoms with Gasteiger partial charge in [0, 0.05) is 30.4 Å². The average Bonchev–Trinajstić information content (AvgIpc) is 3.17. The van der Waals surface area contributed by atoms with Crippen molar-refractivity contribution < 1.29 is 9.47 Å². The molecule has 2 atom stereocenters. The van der Waals surface area contributed by atoms with Gasteiger partial charge < -0.3 is 14.5 Å². The molecule has 5 rings (SSSR count). The lowest BCUT2D eigenvalue weighted by Gasteiger charge is -2.37. The number of H-pyrrole nitrogens is 1. The fourth-order valence-corrected chi connectivity index (χ4v) is 4.34. The van der Waals surface area contributed by atoms with Crippen LogP contribution in [-0.4, -0.2) is 41.2 Å². The molecule has 2 aliphatic heterocycles. The Bertz CT molecular complexity index is 919. The Morgan fingerprint density at radius 2 is 2.04 bits per heavy atom. The van der Waals surface area contributed by atoms with Crippen LogP contribution in [0.1, 0.15) is 43.0 Å². The van der Waals surface area contributed by atoms with Gasteiger partial charge in [-0.25, -0.2) is 0 Å². The molecule has 0 radical (unpaired) electrons. The molecule has 27 heavy (non-hydrogen) atoms. The number of nitrogens with one attached hydrogen (secondary N) is 1. The van der Waals surface area contributed by atoms with Crippen LogP contribution >= 0.6 is 0 Å². The second-order valence-corrected chi connectivity index (χ2v) is 7.57. The van der Waals surface area contributed by atoms with E-state index in [9.17, 15) is 0 Å². The molecule has 3 aromatic rings. The summed E-state index contributed by atoms with van der Waals surface area (Å²) < 4.78 is 11.4. The van der Waals surface area contributed by atoms with Crippen LogP contribution in [0.2, 0.25) is 0 Å². The Hall–Kier alpha value is -2.53. The molecule has 2 aromatic heterocycles. The summed E-state index contributed by atoms with van der Waals surface area (Å²) in [6.07, 6.45) is 4.29. The Labute approximate surface area is 159 Å². The van der Waals surface area contributed by atoms with Gasteiger partial charge in [-0.05, 0) is 62.2 Å². The molecule has 1 N–H and O–H groups in total. The minimum absolute atomic E-state index is 0.353. The topological polar surface area (TPSA) is 50.4 Å². The van der Waals surface area contributed by atoms with Crippen LogP contribution in [0, 0.1) is 0 Å². The van der Waals surface area contributed by atoms with Crippen LogP contribution in [0.3, 0.4) is 0 Å². The van der Waals surface area contributed by atoms with Crippen LogP contribution in [0.5, 0.6) is 11.5 Å². The van der Waals surface area contributed by atoms with E-state index in [1.54, 1.807) is 0 Å². The van der Waals surface area contributed by atoms with Crippen LogP contribution in [0.15, 0.2) is 42.6 Å². The van der Waals surface area contributed by atoms with E-state index in [0.29, 0.717) is 25.2 Å². The van der Waals surface area contributed by atoms with Crippen molar-refractivity contribution in [2.75, 3.05) is 26.3 Å². The molecule has 5 nitrogen and oxygen atoms in total.